The third kappa shape index (κ3) is 4.28. The van der Waals surface area contributed by atoms with Crippen LogP contribution in [-0.2, 0) is 4.79 Å². The highest BCUT2D eigenvalue weighted by Crippen LogP contribution is 2.17. The van der Waals surface area contributed by atoms with Crippen molar-refractivity contribution in [1.82, 2.24) is 15.1 Å². The first-order valence-corrected chi connectivity index (χ1v) is 8.16. The maximum absolute atomic E-state index is 12.1. The van der Waals surface area contributed by atoms with Gasteiger partial charge in [0.1, 0.15) is 0 Å². The summed E-state index contributed by atoms with van der Waals surface area (Å²) in [6, 6.07) is 3.44. The van der Waals surface area contributed by atoms with Crippen LogP contribution in [0.1, 0.15) is 21.0 Å². The Kier molecular flexibility index (Phi) is 5.55. The van der Waals surface area contributed by atoms with E-state index in [1.807, 2.05) is 17.9 Å². The van der Waals surface area contributed by atoms with Gasteiger partial charge in [0.05, 0.1) is 23.6 Å². The van der Waals surface area contributed by atoms with Gasteiger partial charge in [-0.3, -0.25) is 14.5 Å². The first kappa shape index (κ1) is 16.9. The second kappa shape index (κ2) is 7.21. The molecule has 1 aliphatic heterocycles. The summed E-state index contributed by atoms with van der Waals surface area (Å²) in [7, 11) is 3.43. The van der Waals surface area contributed by atoms with Gasteiger partial charge < -0.3 is 15.3 Å². The van der Waals surface area contributed by atoms with Crippen molar-refractivity contribution in [3.63, 3.8) is 0 Å². The van der Waals surface area contributed by atoms with Gasteiger partial charge >= 0.3 is 0 Å². The fraction of sp³-hybridized carbons (Fsp3) is 0.600. The van der Waals surface area contributed by atoms with Crippen LogP contribution in [0.5, 0.6) is 0 Å². The molecule has 22 heavy (non-hydrogen) atoms. The third-order valence-electron chi connectivity index (χ3n) is 3.80. The molecule has 2 amide bonds. The molecular weight excluding hydrogens is 302 g/mol. The fourth-order valence-corrected chi connectivity index (χ4v) is 3.21. The molecular formula is C15H23N3O3S. The lowest BCUT2D eigenvalue weighted by molar-refractivity contribution is -0.130. The van der Waals surface area contributed by atoms with Crippen LogP contribution < -0.4 is 5.32 Å². The van der Waals surface area contributed by atoms with Crippen molar-refractivity contribution < 1.29 is 14.7 Å². The SMILES string of the molecule is Cc1ccc(C(=O)N[C@@H]2CCN(CC(=O)N(C)C)C[C@H]2O)s1. The van der Waals surface area contributed by atoms with Gasteiger partial charge in [0.2, 0.25) is 5.91 Å². The van der Waals surface area contributed by atoms with E-state index in [9.17, 15) is 14.7 Å². The number of aryl methyl sites for hydroxylation is 1. The summed E-state index contributed by atoms with van der Waals surface area (Å²) < 4.78 is 0. The van der Waals surface area contributed by atoms with E-state index in [1.165, 1.54) is 11.3 Å². The normalized spacial score (nSPS) is 22.4. The van der Waals surface area contributed by atoms with E-state index in [2.05, 4.69) is 5.32 Å². The molecule has 1 aliphatic rings. The lowest BCUT2D eigenvalue weighted by Crippen LogP contribution is -2.55. The molecule has 1 aromatic heterocycles. The smallest absolute Gasteiger partial charge is 0.261 e. The molecule has 0 aliphatic carbocycles. The van der Waals surface area contributed by atoms with Crippen molar-refractivity contribution >= 4 is 23.2 Å². The first-order chi connectivity index (χ1) is 10.4. The van der Waals surface area contributed by atoms with Crippen molar-refractivity contribution in [3.05, 3.63) is 21.9 Å². The minimum Gasteiger partial charge on any atom is -0.390 e. The number of amides is 2. The summed E-state index contributed by atoms with van der Waals surface area (Å²) >= 11 is 1.44. The average Bonchev–Trinajstić information content (AvgIpc) is 2.88. The monoisotopic (exact) mass is 325 g/mol. The Labute approximate surface area is 134 Å². The Bertz CT molecular complexity index is 544. The number of hydrogen-bond acceptors (Lipinski definition) is 5. The summed E-state index contributed by atoms with van der Waals surface area (Å²) in [4.78, 5) is 29.0. The number of piperidine rings is 1. The minimum atomic E-state index is -0.659. The number of thiophene rings is 1. The van der Waals surface area contributed by atoms with Gasteiger partial charge in [-0.2, -0.15) is 0 Å². The number of aliphatic hydroxyl groups excluding tert-OH is 1. The van der Waals surface area contributed by atoms with Crippen LogP contribution in [0.25, 0.3) is 0 Å². The highest BCUT2D eigenvalue weighted by atomic mass is 32.1. The van der Waals surface area contributed by atoms with Crippen LogP contribution in [0, 0.1) is 6.92 Å². The Morgan fingerprint density at radius 1 is 1.45 bits per heavy atom. The number of likely N-dealkylation sites (tertiary alicyclic amines) is 1. The van der Waals surface area contributed by atoms with Crippen LogP contribution in [0.15, 0.2) is 12.1 Å². The Morgan fingerprint density at radius 2 is 2.18 bits per heavy atom. The molecule has 2 rings (SSSR count). The molecule has 0 bridgehead atoms. The Balaban J connectivity index is 1.85. The zero-order valence-corrected chi connectivity index (χ0v) is 14.0. The van der Waals surface area contributed by atoms with E-state index in [1.54, 1.807) is 25.1 Å². The molecule has 0 radical (unpaired) electrons. The predicted molar refractivity (Wildman–Crippen MR) is 86.1 cm³/mol. The minimum absolute atomic E-state index is 0.0174. The number of nitrogens with one attached hydrogen (secondary N) is 1. The number of β-amino-alcohol motifs (C(OH)–C–C–N with tert-alkyl or cyclic N) is 1. The van der Waals surface area contributed by atoms with E-state index >= 15 is 0 Å². The molecule has 0 saturated carbocycles. The van der Waals surface area contributed by atoms with Gasteiger partial charge in [-0.05, 0) is 25.5 Å². The van der Waals surface area contributed by atoms with Gasteiger partial charge in [0, 0.05) is 32.1 Å². The molecule has 0 unspecified atom stereocenters. The van der Waals surface area contributed by atoms with E-state index in [0.717, 1.165) is 4.88 Å². The van der Waals surface area contributed by atoms with Crippen molar-refractivity contribution in [2.24, 2.45) is 0 Å². The van der Waals surface area contributed by atoms with Crippen LogP contribution >= 0.6 is 11.3 Å². The standard InChI is InChI=1S/C15H23N3O3S/c1-10-4-5-13(22-10)15(21)16-11-6-7-18(8-12(11)19)9-14(20)17(2)3/h4-5,11-12,19H,6-9H2,1-3H3,(H,16,21)/t11-,12-/m1/s1. The predicted octanol–water partition coefficient (Wildman–Crippen LogP) is 0.310. The lowest BCUT2D eigenvalue weighted by atomic mass is 10.0. The number of likely N-dealkylation sites (N-methyl/N-ethyl adjacent to an activating group) is 1. The molecule has 7 heteroatoms. The van der Waals surface area contributed by atoms with Crippen molar-refractivity contribution in [2.75, 3.05) is 33.7 Å². The lowest BCUT2D eigenvalue weighted by Gasteiger charge is -2.36. The van der Waals surface area contributed by atoms with E-state index in [0.29, 0.717) is 30.9 Å². The van der Waals surface area contributed by atoms with Crippen molar-refractivity contribution in [1.29, 1.82) is 0 Å². The fourth-order valence-electron chi connectivity index (χ4n) is 2.44. The van der Waals surface area contributed by atoms with Gasteiger partial charge in [-0.15, -0.1) is 11.3 Å². The molecule has 1 saturated heterocycles. The van der Waals surface area contributed by atoms with Gasteiger partial charge in [0.25, 0.3) is 5.91 Å². The second-order valence-corrected chi connectivity index (χ2v) is 7.16. The topological polar surface area (TPSA) is 72.9 Å². The summed E-state index contributed by atoms with van der Waals surface area (Å²) in [5.41, 5.74) is 0. The summed E-state index contributed by atoms with van der Waals surface area (Å²) in [5, 5.41) is 13.1. The van der Waals surface area contributed by atoms with Crippen LogP contribution in [0.3, 0.4) is 0 Å². The number of carbonyl (C=O) groups excluding carboxylic acids is 2. The summed E-state index contributed by atoms with van der Waals surface area (Å²) in [6.07, 6.45) is -0.0217. The highest BCUT2D eigenvalue weighted by Gasteiger charge is 2.30. The van der Waals surface area contributed by atoms with Crippen molar-refractivity contribution in [2.45, 2.75) is 25.5 Å². The number of nitrogens with zero attached hydrogens (tertiary/aromatic N) is 2. The van der Waals surface area contributed by atoms with Crippen molar-refractivity contribution in [3.8, 4) is 0 Å². The summed E-state index contributed by atoms with van der Waals surface area (Å²) in [6.45, 7) is 3.34. The maximum atomic E-state index is 12.1. The molecule has 2 heterocycles. The molecule has 1 fully saturated rings. The van der Waals surface area contributed by atoms with E-state index < -0.39 is 6.10 Å². The Hall–Kier alpha value is -1.44. The zero-order chi connectivity index (χ0) is 16.3. The van der Waals surface area contributed by atoms with Crippen LogP contribution in [0.4, 0.5) is 0 Å². The van der Waals surface area contributed by atoms with Gasteiger partial charge in [-0.1, -0.05) is 0 Å². The highest BCUT2D eigenvalue weighted by molar-refractivity contribution is 7.13. The third-order valence-corrected chi connectivity index (χ3v) is 4.80. The Morgan fingerprint density at radius 3 is 2.73 bits per heavy atom. The number of carbonyl (C=O) groups is 2. The van der Waals surface area contributed by atoms with Crippen LogP contribution in [-0.4, -0.2) is 72.6 Å². The molecule has 0 spiro atoms. The summed E-state index contributed by atoms with van der Waals surface area (Å²) in [5.74, 6) is -0.122. The molecule has 2 N–H and O–H groups in total. The molecule has 2 atom stereocenters. The molecule has 0 aromatic carbocycles. The van der Waals surface area contributed by atoms with E-state index in [-0.39, 0.29) is 17.9 Å². The van der Waals surface area contributed by atoms with Gasteiger partial charge in [0.15, 0.2) is 0 Å². The number of hydrogen-bond donors (Lipinski definition) is 2. The molecule has 6 nitrogen and oxygen atoms in total. The second-order valence-electron chi connectivity index (χ2n) is 5.87. The first-order valence-electron chi connectivity index (χ1n) is 7.34. The maximum Gasteiger partial charge on any atom is 0.261 e. The van der Waals surface area contributed by atoms with Crippen LogP contribution in [0.2, 0.25) is 0 Å². The number of rotatable bonds is 4. The quantitative estimate of drug-likeness (QED) is 0.836. The van der Waals surface area contributed by atoms with E-state index in [4.69, 9.17) is 0 Å². The van der Waals surface area contributed by atoms with Gasteiger partial charge in [-0.25, -0.2) is 0 Å². The number of aliphatic hydroxyl groups is 1. The average molecular weight is 325 g/mol. The molecule has 1 aromatic rings. The molecule has 122 valence electrons. The zero-order valence-electron chi connectivity index (χ0n) is 13.2. The largest absolute Gasteiger partial charge is 0.390 e.